The highest BCUT2D eigenvalue weighted by Gasteiger charge is 2.46. The summed E-state index contributed by atoms with van der Waals surface area (Å²) in [6.07, 6.45) is 0. The lowest BCUT2D eigenvalue weighted by Gasteiger charge is -2.12. The lowest BCUT2D eigenvalue weighted by Crippen LogP contribution is -2.30. The van der Waals surface area contributed by atoms with Gasteiger partial charge in [-0.3, -0.25) is 4.72 Å². The van der Waals surface area contributed by atoms with Gasteiger partial charge in [-0.2, -0.15) is 21.6 Å². The molecule has 18 heavy (non-hydrogen) atoms. The number of alkyl halides is 3. The first kappa shape index (κ1) is 14.8. The third-order valence-corrected chi connectivity index (χ3v) is 3.35. The van der Waals surface area contributed by atoms with Gasteiger partial charge in [-0.1, -0.05) is 15.9 Å². The van der Waals surface area contributed by atoms with Crippen LogP contribution in [0, 0.1) is 0 Å². The van der Waals surface area contributed by atoms with Gasteiger partial charge >= 0.3 is 21.5 Å². The van der Waals surface area contributed by atoms with Crippen molar-refractivity contribution in [2.45, 2.75) is 5.51 Å². The van der Waals surface area contributed by atoms with Gasteiger partial charge < -0.3 is 5.11 Å². The Balaban J connectivity index is 3.27. The topological polar surface area (TPSA) is 83.5 Å². The predicted molar refractivity (Wildman–Crippen MR) is 59.7 cm³/mol. The minimum atomic E-state index is -5.66. The molecular formula is C8H5BrF3NO4S. The first-order valence-corrected chi connectivity index (χ1v) is 6.44. The molecule has 0 bridgehead atoms. The molecular weight excluding hydrogens is 343 g/mol. The van der Waals surface area contributed by atoms with E-state index >= 15 is 0 Å². The van der Waals surface area contributed by atoms with Crippen LogP contribution in [0.1, 0.15) is 10.4 Å². The smallest absolute Gasteiger partial charge is 0.478 e. The summed E-state index contributed by atoms with van der Waals surface area (Å²) < 4.78 is 59.6. The number of rotatable bonds is 3. The molecule has 0 saturated carbocycles. The van der Waals surface area contributed by atoms with Crippen molar-refractivity contribution in [1.82, 2.24) is 0 Å². The number of anilines is 1. The summed E-state index contributed by atoms with van der Waals surface area (Å²) in [5.74, 6) is -1.55. The van der Waals surface area contributed by atoms with Crippen LogP contribution in [-0.4, -0.2) is 25.0 Å². The van der Waals surface area contributed by atoms with Crippen LogP contribution in [0.2, 0.25) is 0 Å². The number of halogens is 4. The highest BCUT2D eigenvalue weighted by molar-refractivity contribution is 9.10. The van der Waals surface area contributed by atoms with Crippen LogP contribution in [0.5, 0.6) is 0 Å². The Morgan fingerprint density at radius 2 is 1.89 bits per heavy atom. The minimum absolute atomic E-state index is 0.229. The van der Waals surface area contributed by atoms with E-state index < -0.39 is 32.8 Å². The quantitative estimate of drug-likeness (QED) is 0.879. The predicted octanol–water partition coefficient (Wildman–Crippen LogP) is 2.41. The van der Waals surface area contributed by atoms with Crippen LogP contribution < -0.4 is 4.72 Å². The van der Waals surface area contributed by atoms with Crippen molar-refractivity contribution in [3.8, 4) is 0 Å². The van der Waals surface area contributed by atoms with E-state index in [0.29, 0.717) is 0 Å². The van der Waals surface area contributed by atoms with Crippen molar-refractivity contribution in [2.24, 2.45) is 0 Å². The van der Waals surface area contributed by atoms with E-state index in [1.807, 2.05) is 0 Å². The fraction of sp³-hybridized carbons (Fsp3) is 0.125. The van der Waals surface area contributed by atoms with Crippen LogP contribution in [0.4, 0.5) is 18.9 Å². The maximum atomic E-state index is 12.1. The van der Waals surface area contributed by atoms with E-state index in [1.54, 1.807) is 0 Å². The largest absolute Gasteiger partial charge is 0.516 e. The molecule has 0 saturated heterocycles. The number of hydrogen-bond donors (Lipinski definition) is 2. The van der Waals surface area contributed by atoms with Gasteiger partial charge in [0.25, 0.3) is 0 Å². The fourth-order valence-electron chi connectivity index (χ4n) is 0.990. The van der Waals surface area contributed by atoms with Gasteiger partial charge in [-0.15, -0.1) is 0 Å². The van der Waals surface area contributed by atoms with E-state index in [4.69, 9.17) is 5.11 Å². The molecule has 100 valence electrons. The molecule has 2 N–H and O–H groups in total. The fourth-order valence-corrected chi connectivity index (χ4v) is 1.93. The Morgan fingerprint density at radius 1 is 1.33 bits per heavy atom. The van der Waals surface area contributed by atoms with Crippen molar-refractivity contribution < 1.29 is 31.5 Å². The van der Waals surface area contributed by atoms with E-state index in [0.717, 1.165) is 12.1 Å². The zero-order chi connectivity index (χ0) is 14.1. The van der Waals surface area contributed by atoms with Gasteiger partial charge in [0.15, 0.2) is 0 Å². The number of carboxylic acid groups (broad SMARTS) is 1. The SMILES string of the molecule is O=C(O)c1ccc(Br)cc1NS(=O)(=O)C(F)(F)F. The average Bonchev–Trinajstić information content (AvgIpc) is 2.14. The second-order valence-electron chi connectivity index (χ2n) is 3.05. The molecule has 0 atom stereocenters. The highest BCUT2D eigenvalue weighted by atomic mass is 79.9. The first-order valence-electron chi connectivity index (χ1n) is 4.16. The molecule has 0 spiro atoms. The van der Waals surface area contributed by atoms with Crippen molar-refractivity contribution in [2.75, 3.05) is 4.72 Å². The molecule has 0 aliphatic carbocycles. The van der Waals surface area contributed by atoms with Crippen LogP contribution in [0.25, 0.3) is 0 Å². The normalized spacial score (nSPS) is 12.2. The Hall–Kier alpha value is -1.29. The first-order chi connectivity index (χ1) is 8.04. The molecule has 0 radical (unpaired) electrons. The lowest BCUT2D eigenvalue weighted by molar-refractivity contribution is -0.0429. The summed E-state index contributed by atoms with van der Waals surface area (Å²) in [6.45, 7) is 0. The minimum Gasteiger partial charge on any atom is -0.478 e. The maximum absolute atomic E-state index is 12.1. The number of nitrogens with one attached hydrogen (secondary N) is 1. The van der Waals surface area contributed by atoms with Gasteiger partial charge in [-0.25, -0.2) is 4.79 Å². The monoisotopic (exact) mass is 347 g/mol. The summed E-state index contributed by atoms with van der Waals surface area (Å²) >= 11 is 2.89. The van der Waals surface area contributed by atoms with Crippen LogP contribution in [0.3, 0.4) is 0 Å². The Labute approximate surface area is 108 Å². The van der Waals surface area contributed by atoms with Gasteiger partial charge in [0, 0.05) is 4.47 Å². The van der Waals surface area contributed by atoms with E-state index in [9.17, 15) is 26.4 Å². The maximum Gasteiger partial charge on any atom is 0.516 e. The summed E-state index contributed by atoms with van der Waals surface area (Å²) in [4.78, 5) is 10.7. The molecule has 1 aromatic carbocycles. The summed E-state index contributed by atoms with van der Waals surface area (Å²) in [5.41, 5.74) is -6.79. The lowest BCUT2D eigenvalue weighted by atomic mass is 10.2. The Kier molecular flexibility index (Phi) is 3.91. The number of carbonyl (C=O) groups is 1. The molecule has 0 unspecified atom stereocenters. The Bertz CT molecular complexity index is 584. The zero-order valence-electron chi connectivity index (χ0n) is 8.32. The third kappa shape index (κ3) is 3.13. The third-order valence-electron chi connectivity index (χ3n) is 1.76. The van der Waals surface area contributed by atoms with Gasteiger partial charge in [-0.05, 0) is 18.2 Å². The van der Waals surface area contributed by atoms with Gasteiger partial charge in [0.05, 0.1) is 11.3 Å². The van der Waals surface area contributed by atoms with Crippen molar-refractivity contribution >= 4 is 37.6 Å². The second-order valence-corrected chi connectivity index (χ2v) is 5.64. The molecule has 0 aliphatic heterocycles. The van der Waals surface area contributed by atoms with Crippen LogP contribution in [-0.2, 0) is 10.0 Å². The molecule has 0 heterocycles. The molecule has 0 aromatic heterocycles. The standard InChI is InChI=1S/C8H5BrF3NO4S/c9-4-1-2-5(7(14)15)6(3-4)13-18(16,17)8(10,11)12/h1-3,13H,(H,14,15). The van der Waals surface area contributed by atoms with Crippen LogP contribution >= 0.6 is 15.9 Å². The number of carboxylic acids is 1. The van der Waals surface area contributed by atoms with Gasteiger partial charge in [0.2, 0.25) is 0 Å². The molecule has 1 aromatic rings. The number of sulfonamides is 1. The molecule has 0 fully saturated rings. The summed E-state index contributed by atoms with van der Waals surface area (Å²) in [7, 11) is -5.66. The summed E-state index contributed by atoms with van der Waals surface area (Å²) in [6, 6.07) is 3.15. The second kappa shape index (κ2) is 4.76. The number of benzene rings is 1. The van der Waals surface area contributed by atoms with Crippen molar-refractivity contribution in [3.63, 3.8) is 0 Å². The highest BCUT2D eigenvalue weighted by Crippen LogP contribution is 2.28. The van der Waals surface area contributed by atoms with Crippen LogP contribution in [0.15, 0.2) is 22.7 Å². The number of hydrogen-bond acceptors (Lipinski definition) is 3. The molecule has 0 aliphatic rings. The molecule has 0 amide bonds. The van der Waals surface area contributed by atoms with E-state index in [1.165, 1.54) is 10.8 Å². The van der Waals surface area contributed by atoms with Crippen molar-refractivity contribution in [1.29, 1.82) is 0 Å². The average molecular weight is 348 g/mol. The zero-order valence-corrected chi connectivity index (χ0v) is 10.7. The number of aromatic carboxylic acids is 1. The van der Waals surface area contributed by atoms with Gasteiger partial charge in [0.1, 0.15) is 0 Å². The summed E-state index contributed by atoms with van der Waals surface area (Å²) in [5, 5.41) is 8.72. The molecule has 5 nitrogen and oxygen atoms in total. The van der Waals surface area contributed by atoms with E-state index in [-0.39, 0.29) is 4.47 Å². The van der Waals surface area contributed by atoms with E-state index in [2.05, 4.69) is 15.9 Å². The molecule has 1 rings (SSSR count). The Morgan fingerprint density at radius 3 is 2.33 bits per heavy atom. The molecule has 10 heteroatoms. The van der Waals surface area contributed by atoms with Crippen molar-refractivity contribution in [3.05, 3.63) is 28.2 Å².